The minimum Gasteiger partial charge on any atom is -0.495 e. The van der Waals surface area contributed by atoms with Gasteiger partial charge in [0, 0.05) is 26.2 Å². The van der Waals surface area contributed by atoms with Gasteiger partial charge in [0.1, 0.15) is 11.8 Å². The number of rotatable bonds is 2. The normalized spacial score (nSPS) is 29.5. The molecule has 1 aromatic carbocycles. The zero-order chi connectivity index (χ0) is 14.9. The highest BCUT2D eigenvalue weighted by Gasteiger charge is 2.40. The van der Waals surface area contributed by atoms with Gasteiger partial charge in [0.15, 0.2) is 0 Å². The van der Waals surface area contributed by atoms with E-state index in [1.54, 1.807) is 7.11 Å². The first-order valence-electron chi connectivity index (χ1n) is 7.32. The SMILES string of the molecule is COc1cc([C@@H]2CN3CCNC[C@]3(C)CO2)ccc1C#N. The van der Waals surface area contributed by atoms with Crippen molar-refractivity contribution in [1.82, 2.24) is 10.2 Å². The summed E-state index contributed by atoms with van der Waals surface area (Å²) in [5.74, 6) is 0.618. The van der Waals surface area contributed by atoms with E-state index in [4.69, 9.17) is 14.7 Å². The molecule has 0 unspecified atom stereocenters. The summed E-state index contributed by atoms with van der Waals surface area (Å²) in [5, 5.41) is 12.5. The van der Waals surface area contributed by atoms with Gasteiger partial charge in [-0.05, 0) is 24.6 Å². The maximum absolute atomic E-state index is 9.06. The zero-order valence-corrected chi connectivity index (χ0v) is 12.6. The van der Waals surface area contributed by atoms with Crippen LogP contribution in [0.5, 0.6) is 5.75 Å². The third-order valence-corrected chi connectivity index (χ3v) is 4.53. The van der Waals surface area contributed by atoms with Crippen LogP contribution in [-0.2, 0) is 4.74 Å². The lowest BCUT2D eigenvalue weighted by atomic mass is 9.94. The minimum atomic E-state index is 0.0396. The van der Waals surface area contributed by atoms with Crippen LogP contribution in [0.4, 0.5) is 0 Å². The number of nitrogens with one attached hydrogen (secondary N) is 1. The molecule has 1 aromatic rings. The molecule has 1 N–H and O–H groups in total. The molecule has 0 aromatic heterocycles. The molecule has 0 aliphatic carbocycles. The van der Waals surface area contributed by atoms with Crippen molar-refractivity contribution < 1.29 is 9.47 Å². The first-order chi connectivity index (χ1) is 10.2. The molecule has 2 aliphatic rings. The maximum Gasteiger partial charge on any atom is 0.136 e. The summed E-state index contributed by atoms with van der Waals surface area (Å²) < 4.78 is 11.4. The Bertz CT molecular complexity index is 569. The van der Waals surface area contributed by atoms with Crippen molar-refractivity contribution >= 4 is 0 Å². The maximum atomic E-state index is 9.06. The van der Waals surface area contributed by atoms with E-state index < -0.39 is 0 Å². The van der Waals surface area contributed by atoms with Gasteiger partial charge in [0.05, 0.1) is 30.9 Å². The Balaban J connectivity index is 1.81. The van der Waals surface area contributed by atoms with Crippen molar-refractivity contribution in [2.45, 2.75) is 18.6 Å². The number of fused-ring (bicyclic) bond motifs is 1. The van der Waals surface area contributed by atoms with Crippen molar-refractivity contribution in [3.05, 3.63) is 29.3 Å². The fraction of sp³-hybridized carbons (Fsp3) is 0.562. The number of ether oxygens (including phenoxy) is 2. The molecule has 2 fully saturated rings. The summed E-state index contributed by atoms with van der Waals surface area (Å²) in [6.45, 7) is 6.88. The molecule has 2 atom stereocenters. The number of morpholine rings is 1. The van der Waals surface area contributed by atoms with Gasteiger partial charge in [-0.25, -0.2) is 0 Å². The van der Waals surface area contributed by atoms with Gasteiger partial charge in [0.25, 0.3) is 0 Å². The fourth-order valence-electron chi connectivity index (χ4n) is 3.14. The van der Waals surface area contributed by atoms with E-state index in [0.29, 0.717) is 17.9 Å². The lowest BCUT2D eigenvalue weighted by Crippen LogP contribution is -2.65. The van der Waals surface area contributed by atoms with E-state index in [1.807, 2.05) is 18.2 Å². The van der Waals surface area contributed by atoms with Crippen LogP contribution in [0, 0.1) is 11.3 Å². The molecule has 2 aliphatic heterocycles. The molecular weight excluding hydrogens is 266 g/mol. The quantitative estimate of drug-likeness (QED) is 0.888. The van der Waals surface area contributed by atoms with Gasteiger partial charge in [-0.15, -0.1) is 0 Å². The number of benzene rings is 1. The summed E-state index contributed by atoms with van der Waals surface area (Å²) in [4.78, 5) is 2.50. The summed E-state index contributed by atoms with van der Waals surface area (Å²) in [7, 11) is 1.59. The Labute approximate surface area is 125 Å². The third kappa shape index (κ3) is 2.62. The van der Waals surface area contributed by atoms with Gasteiger partial charge in [-0.1, -0.05) is 6.07 Å². The molecule has 2 saturated heterocycles. The number of methoxy groups -OCH3 is 1. The molecule has 3 rings (SSSR count). The average molecular weight is 287 g/mol. The number of nitrogens with zero attached hydrogens (tertiary/aromatic N) is 2. The Hall–Kier alpha value is -1.61. The van der Waals surface area contributed by atoms with Crippen molar-refractivity contribution in [2.75, 3.05) is 39.9 Å². The van der Waals surface area contributed by atoms with Gasteiger partial charge < -0.3 is 14.8 Å². The highest BCUT2D eigenvalue weighted by molar-refractivity contribution is 5.46. The molecule has 5 heteroatoms. The molecule has 112 valence electrons. The molecule has 0 spiro atoms. The van der Waals surface area contributed by atoms with Crippen LogP contribution in [0.15, 0.2) is 18.2 Å². The van der Waals surface area contributed by atoms with E-state index in [2.05, 4.69) is 23.2 Å². The van der Waals surface area contributed by atoms with E-state index >= 15 is 0 Å². The molecule has 5 nitrogen and oxygen atoms in total. The van der Waals surface area contributed by atoms with Crippen molar-refractivity contribution in [2.24, 2.45) is 0 Å². The van der Waals surface area contributed by atoms with Crippen LogP contribution in [-0.4, -0.2) is 50.3 Å². The second kappa shape index (κ2) is 5.64. The molecular formula is C16H21N3O2. The second-order valence-electron chi connectivity index (χ2n) is 5.99. The Kier molecular flexibility index (Phi) is 3.85. The summed E-state index contributed by atoms with van der Waals surface area (Å²) >= 11 is 0. The zero-order valence-electron chi connectivity index (χ0n) is 12.6. The molecule has 0 amide bonds. The van der Waals surface area contributed by atoms with Crippen molar-refractivity contribution in [3.8, 4) is 11.8 Å². The predicted molar refractivity (Wildman–Crippen MR) is 79.2 cm³/mol. The Morgan fingerprint density at radius 1 is 1.52 bits per heavy atom. The topological polar surface area (TPSA) is 57.5 Å². The minimum absolute atomic E-state index is 0.0396. The summed E-state index contributed by atoms with van der Waals surface area (Å²) in [5.41, 5.74) is 1.72. The molecule has 21 heavy (non-hydrogen) atoms. The van der Waals surface area contributed by atoms with Gasteiger partial charge in [-0.2, -0.15) is 5.26 Å². The number of hydrogen-bond donors (Lipinski definition) is 1. The van der Waals surface area contributed by atoms with Gasteiger partial charge in [-0.3, -0.25) is 4.90 Å². The Morgan fingerprint density at radius 3 is 3.14 bits per heavy atom. The lowest BCUT2D eigenvalue weighted by molar-refractivity contribution is -0.115. The number of hydrogen-bond acceptors (Lipinski definition) is 5. The van der Waals surface area contributed by atoms with Crippen LogP contribution >= 0.6 is 0 Å². The van der Waals surface area contributed by atoms with Gasteiger partial charge >= 0.3 is 0 Å². The molecule has 0 bridgehead atoms. The molecule has 0 saturated carbocycles. The highest BCUT2D eigenvalue weighted by Crippen LogP contribution is 2.33. The summed E-state index contributed by atoms with van der Waals surface area (Å²) in [6.07, 6.45) is 0.0396. The largest absolute Gasteiger partial charge is 0.495 e. The molecule has 0 radical (unpaired) electrons. The monoisotopic (exact) mass is 287 g/mol. The Morgan fingerprint density at radius 2 is 2.38 bits per heavy atom. The smallest absolute Gasteiger partial charge is 0.136 e. The van der Waals surface area contributed by atoms with Gasteiger partial charge in [0.2, 0.25) is 0 Å². The average Bonchev–Trinajstić information content (AvgIpc) is 2.53. The van der Waals surface area contributed by atoms with Crippen LogP contribution < -0.4 is 10.1 Å². The van der Waals surface area contributed by atoms with E-state index in [0.717, 1.165) is 31.7 Å². The predicted octanol–water partition coefficient (Wildman–Crippen LogP) is 1.30. The fourth-order valence-corrected chi connectivity index (χ4v) is 3.14. The summed E-state index contributed by atoms with van der Waals surface area (Å²) in [6, 6.07) is 7.85. The first kappa shape index (κ1) is 14.3. The molecule has 2 heterocycles. The standard InChI is InChI=1S/C16H21N3O2/c1-16-10-18-5-6-19(16)9-15(21-11-16)12-3-4-13(8-17)14(7-12)20-2/h3-4,7,15,18H,5-6,9-11H2,1-2H3/t15-,16+/m0/s1. The number of nitriles is 1. The van der Waals surface area contributed by atoms with E-state index in [9.17, 15) is 0 Å². The van der Waals surface area contributed by atoms with Crippen LogP contribution in [0.25, 0.3) is 0 Å². The highest BCUT2D eigenvalue weighted by atomic mass is 16.5. The van der Waals surface area contributed by atoms with E-state index in [1.165, 1.54) is 0 Å². The van der Waals surface area contributed by atoms with Crippen molar-refractivity contribution in [3.63, 3.8) is 0 Å². The second-order valence-corrected chi connectivity index (χ2v) is 5.99. The number of piperazine rings is 1. The van der Waals surface area contributed by atoms with Crippen LogP contribution in [0.3, 0.4) is 0 Å². The first-order valence-corrected chi connectivity index (χ1v) is 7.32. The van der Waals surface area contributed by atoms with E-state index in [-0.39, 0.29) is 11.6 Å². The van der Waals surface area contributed by atoms with Crippen LogP contribution in [0.2, 0.25) is 0 Å². The van der Waals surface area contributed by atoms with Crippen LogP contribution in [0.1, 0.15) is 24.2 Å². The lowest BCUT2D eigenvalue weighted by Gasteiger charge is -2.50. The van der Waals surface area contributed by atoms with Crippen molar-refractivity contribution in [1.29, 1.82) is 5.26 Å². The third-order valence-electron chi connectivity index (χ3n) is 4.53.